The molecule has 5 nitrogen and oxygen atoms in total. The number of thiophene rings is 1. The van der Waals surface area contributed by atoms with Crippen molar-refractivity contribution in [1.82, 2.24) is 15.0 Å². The van der Waals surface area contributed by atoms with Crippen LogP contribution in [0.3, 0.4) is 0 Å². The minimum atomic E-state index is 0.166. The lowest BCUT2D eigenvalue weighted by Gasteiger charge is -2.36. The molecule has 2 aromatic heterocycles. The van der Waals surface area contributed by atoms with Gasteiger partial charge >= 0.3 is 0 Å². The van der Waals surface area contributed by atoms with Crippen LogP contribution in [0, 0.1) is 5.92 Å². The Hall–Kier alpha value is -1.69. The molecule has 0 radical (unpaired) electrons. The van der Waals surface area contributed by atoms with Crippen LogP contribution in [0.15, 0.2) is 22.0 Å². The third kappa shape index (κ3) is 3.80. The summed E-state index contributed by atoms with van der Waals surface area (Å²) >= 11 is 1.58. The van der Waals surface area contributed by atoms with Gasteiger partial charge in [-0.05, 0) is 30.2 Å². The lowest BCUT2D eigenvalue weighted by molar-refractivity contribution is -0.133. The summed E-state index contributed by atoms with van der Waals surface area (Å²) in [6, 6.07) is 4.29. The van der Waals surface area contributed by atoms with Gasteiger partial charge in [0, 0.05) is 25.9 Å². The van der Waals surface area contributed by atoms with E-state index in [9.17, 15) is 4.79 Å². The Labute approximate surface area is 140 Å². The molecule has 0 spiro atoms. The normalized spacial score (nSPS) is 21.3. The monoisotopic (exact) mass is 333 g/mol. The summed E-state index contributed by atoms with van der Waals surface area (Å²) in [5.74, 6) is 1.90. The van der Waals surface area contributed by atoms with Crippen LogP contribution in [-0.2, 0) is 11.2 Å². The van der Waals surface area contributed by atoms with E-state index in [1.165, 1.54) is 19.3 Å². The number of rotatable bonds is 5. The molecule has 3 rings (SSSR count). The van der Waals surface area contributed by atoms with E-state index in [0.29, 0.717) is 36.5 Å². The summed E-state index contributed by atoms with van der Waals surface area (Å²) in [6.45, 7) is 2.25. The summed E-state index contributed by atoms with van der Waals surface area (Å²) in [7, 11) is 1.93. The van der Waals surface area contributed by atoms with Gasteiger partial charge in [-0.3, -0.25) is 4.79 Å². The number of aromatic nitrogens is 2. The first-order valence-corrected chi connectivity index (χ1v) is 9.15. The molecular formula is C17H23N3O2S. The molecule has 2 unspecified atom stereocenters. The van der Waals surface area contributed by atoms with Crippen LogP contribution < -0.4 is 0 Å². The summed E-state index contributed by atoms with van der Waals surface area (Å²) in [6.07, 6.45) is 5.77. The molecule has 23 heavy (non-hydrogen) atoms. The molecule has 1 amide bonds. The standard InChI is InChI=1S/C17H23N3O2S/c1-12-6-3-4-7-13(12)20(2)16(21)10-9-15-18-17(19-22-15)14-8-5-11-23-14/h5,8,11-13H,3-4,6-7,9-10H2,1-2H3. The smallest absolute Gasteiger partial charge is 0.227 e. The van der Waals surface area contributed by atoms with Gasteiger partial charge < -0.3 is 9.42 Å². The Morgan fingerprint density at radius 2 is 2.26 bits per heavy atom. The van der Waals surface area contributed by atoms with Gasteiger partial charge in [-0.15, -0.1) is 11.3 Å². The zero-order valence-corrected chi connectivity index (χ0v) is 14.5. The maximum atomic E-state index is 12.4. The number of hydrogen-bond donors (Lipinski definition) is 0. The van der Waals surface area contributed by atoms with Crippen molar-refractivity contribution < 1.29 is 9.32 Å². The molecule has 1 aliphatic carbocycles. The SMILES string of the molecule is CC1CCCCC1N(C)C(=O)CCc1nc(-c2cccs2)no1. The van der Waals surface area contributed by atoms with Crippen LogP contribution in [0.2, 0.25) is 0 Å². The molecule has 1 aliphatic rings. The van der Waals surface area contributed by atoms with Gasteiger partial charge in [-0.1, -0.05) is 31.0 Å². The van der Waals surface area contributed by atoms with Crippen molar-refractivity contribution in [3.8, 4) is 10.7 Å². The van der Waals surface area contributed by atoms with Crippen LogP contribution in [0.4, 0.5) is 0 Å². The average molecular weight is 333 g/mol. The first-order valence-electron chi connectivity index (χ1n) is 8.27. The molecule has 2 aromatic rings. The molecule has 0 N–H and O–H groups in total. The van der Waals surface area contributed by atoms with Crippen molar-refractivity contribution in [2.45, 2.75) is 51.5 Å². The molecule has 0 bridgehead atoms. The second kappa shape index (κ2) is 7.25. The lowest BCUT2D eigenvalue weighted by Crippen LogP contribution is -2.42. The van der Waals surface area contributed by atoms with E-state index in [-0.39, 0.29) is 5.91 Å². The van der Waals surface area contributed by atoms with Crippen LogP contribution in [0.25, 0.3) is 10.7 Å². The minimum Gasteiger partial charge on any atom is -0.342 e. The summed E-state index contributed by atoms with van der Waals surface area (Å²) in [5, 5.41) is 5.96. The van der Waals surface area contributed by atoms with Crippen LogP contribution in [0.5, 0.6) is 0 Å². The van der Waals surface area contributed by atoms with Crippen molar-refractivity contribution in [1.29, 1.82) is 0 Å². The molecule has 124 valence electrons. The fraction of sp³-hybridized carbons (Fsp3) is 0.588. The highest BCUT2D eigenvalue weighted by molar-refractivity contribution is 7.13. The summed E-state index contributed by atoms with van der Waals surface area (Å²) in [5.41, 5.74) is 0. The van der Waals surface area contributed by atoms with Gasteiger partial charge in [-0.25, -0.2) is 0 Å². The molecule has 0 aromatic carbocycles. The Kier molecular flexibility index (Phi) is 5.10. The first kappa shape index (κ1) is 16.2. The first-order chi connectivity index (χ1) is 11.1. The fourth-order valence-corrected chi connectivity index (χ4v) is 3.96. The number of carbonyl (C=O) groups excluding carboxylic acids is 1. The fourth-order valence-electron chi connectivity index (χ4n) is 3.31. The summed E-state index contributed by atoms with van der Waals surface area (Å²) < 4.78 is 5.26. The van der Waals surface area contributed by atoms with Gasteiger partial charge in [0.05, 0.1) is 4.88 Å². The third-order valence-corrected chi connectivity index (χ3v) is 5.59. The Morgan fingerprint density at radius 1 is 1.43 bits per heavy atom. The number of nitrogens with zero attached hydrogens (tertiary/aromatic N) is 3. The molecule has 0 saturated heterocycles. The molecular weight excluding hydrogens is 310 g/mol. The number of aryl methyl sites for hydroxylation is 1. The second-order valence-corrected chi connectivity index (χ2v) is 7.27. The molecule has 0 aliphatic heterocycles. The van der Waals surface area contributed by atoms with Crippen LogP contribution in [0.1, 0.15) is 44.9 Å². The topological polar surface area (TPSA) is 59.2 Å². The van der Waals surface area contributed by atoms with E-state index >= 15 is 0 Å². The number of hydrogen-bond acceptors (Lipinski definition) is 5. The van der Waals surface area contributed by atoms with Crippen LogP contribution >= 0.6 is 11.3 Å². The van der Waals surface area contributed by atoms with E-state index in [2.05, 4.69) is 17.1 Å². The van der Waals surface area contributed by atoms with Crippen LogP contribution in [-0.4, -0.2) is 34.0 Å². The van der Waals surface area contributed by atoms with Crippen molar-refractivity contribution in [3.63, 3.8) is 0 Å². The highest BCUT2D eigenvalue weighted by Gasteiger charge is 2.27. The third-order valence-electron chi connectivity index (χ3n) is 4.72. The Bertz CT molecular complexity index is 638. The number of amides is 1. The minimum absolute atomic E-state index is 0.166. The largest absolute Gasteiger partial charge is 0.342 e. The van der Waals surface area contributed by atoms with E-state index in [0.717, 1.165) is 11.3 Å². The van der Waals surface area contributed by atoms with Crippen molar-refractivity contribution in [2.24, 2.45) is 5.92 Å². The van der Waals surface area contributed by atoms with Gasteiger partial charge in [0.1, 0.15) is 0 Å². The predicted octanol–water partition coefficient (Wildman–Crippen LogP) is 3.77. The van der Waals surface area contributed by atoms with E-state index in [1.54, 1.807) is 11.3 Å². The zero-order chi connectivity index (χ0) is 16.2. The van der Waals surface area contributed by atoms with Crippen molar-refractivity contribution >= 4 is 17.2 Å². The number of carbonyl (C=O) groups is 1. The Morgan fingerprint density at radius 3 is 3.00 bits per heavy atom. The highest BCUT2D eigenvalue weighted by Crippen LogP contribution is 2.28. The molecule has 1 fully saturated rings. The van der Waals surface area contributed by atoms with E-state index in [4.69, 9.17) is 4.52 Å². The molecule has 2 heterocycles. The van der Waals surface area contributed by atoms with Crippen molar-refractivity contribution in [3.05, 3.63) is 23.4 Å². The molecule has 1 saturated carbocycles. The zero-order valence-electron chi connectivity index (χ0n) is 13.7. The highest BCUT2D eigenvalue weighted by atomic mass is 32.1. The van der Waals surface area contributed by atoms with E-state index in [1.807, 2.05) is 29.5 Å². The van der Waals surface area contributed by atoms with Crippen molar-refractivity contribution in [2.75, 3.05) is 7.05 Å². The van der Waals surface area contributed by atoms with Gasteiger partial charge in [-0.2, -0.15) is 4.98 Å². The maximum absolute atomic E-state index is 12.4. The van der Waals surface area contributed by atoms with Gasteiger partial charge in [0.25, 0.3) is 0 Å². The summed E-state index contributed by atoms with van der Waals surface area (Å²) in [4.78, 5) is 19.7. The molecule has 2 atom stereocenters. The maximum Gasteiger partial charge on any atom is 0.227 e. The second-order valence-electron chi connectivity index (χ2n) is 6.32. The van der Waals surface area contributed by atoms with E-state index < -0.39 is 0 Å². The Balaban J connectivity index is 1.54. The van der Waals surface area contributed by atoms with Gasteiger partial charge in [0.2, 0.25) is 17.6 Å². The predicted molar refractivity (Wildman–Crippen MR) is 90.1 cm³/mol. The van der Waals surface area contributed by atoms with Gasteiger partial charge in [0.15, 0.2) is 0 Å². The average Bonchev–Trinajstić information content (AvgIpc) is 3.23. The lowest BCUT2D eigenvalue weighted by atomic mass is 9.85. The molecule has 6 heteroatoms. The quantitative estimate of drug-likeness (QED) is 0.836.